The van der Waals surface area contributed by atoms with E-state index in [9.17, 15) is 10.2 Å². The van der Waals surface area contributed by atoms with Crippen molar-refractivity contribution in [3.63, 3.8) is 0 Å². The minimum absolute atomic E-state index is 0.488. The predicted octanol–water partition coefficient (Wildman–Crippen LogP) is 2.72. The zero-order chi connectivity index (χ0) is 20.1. The molecule has 0 spiro atoms. The zero-order valence-electron chi connectivity index (χ0n) is 15.9. The highest BCUT2D eigenvalue weighted by Crippen LogP contribution is 2.41. The summed E-state index contributed by atoms with van der Waals surface area (Å²) in [5, 5.41) is 23.2. The fourth-order valence-electron chi connectivity index (χ4n) is 4.37. The molecule has 0 saturated carbocycles. The summed E-state index contributed by atoms with van der Waals surface area (Å²) in [7, 11) is 0. The van der Waals surface area contributed by atoms with Crippen LogP contribution < -0.4 is 0 Å². The third kappa shape index (κ3) is 3.14. The SMILES string of the molecule is Cc1ncnc2c1ccn2[C@@H]1O[C@H]([C@@H]2OCCCc3cc(Cl)ccc32)[C@@H](O)[C@H]1O. The minimum Gasteiger partial charge on any atom is -0.387 e. The first-order valence-electron chi connectivity index (χ1n) is 9.74. The Morgan fingerprint density at radius 1 is 1.17 bits per heavy atom. The summed E-state index contributed by atoms with van der Waals surface area (Å²) in [6.07, 6.45) is 0.793. The molecular formula is C21H22ClN3O4. The van der Waals surface area contributed by atoms with E-state index in [2.05, 4.69) is 9.97 Å². The van der Waals surface area contributed by atoms with Gasteiger partial charge in [-0.05, 0) is 49.1 Å². The van der Waals surface area contributed by atoms with Crippen molar-refractivity contribution < 1.29 is 19.7 Å². The Kier molecular flexibility index (Phi) is 4.80. The van der Waals surface area contributed by atoms with Gasteiger partial charge in [-0.2, -0.15) is 0 Å². The lowest BCUT2D eigenvalue weighted by Gasteiger charge is -2.26. The molecule has 5 rings (SSSR count). The maximum atomic E-state index is 10.9. The molecule has 2 aliphatic rings. The molecule has 0 radical (unpaired) electrons. The number of aromatic nitrogens is 3. The van der Waals surface area contributed by atoms with Gasteiger partial charge in [0.2, 0.25) is 0 Å². The molecule has 0 unspecified atom stereocenters. The van der Waals surface area contributed by atoms with Gasteiger partial charge in [0.25, 0.3) is 0 Å². The first-order chi connectivity index (χ1) is 14.0. The number of rotatable bonds is 2. The number of aryl methyl sites for hydroxylation is 2. The standard InChI is InChI=1S/C21H22ClN3O4/c1-11-14-6-7-25(20(14)24-10-23-11)21-17(27)16(26)19(29-21)18-15-5-4-13(22)9-12(15)3-2-8-28-18/h4-7,9-10,16-19,21,26-27H,2-3,8H2,1H3/t16-,17+,18+,19-,21+/m0/s1. The van der Waals surface area contributed by atoms with Crippen molar-refractivity contribution in [2.45, 2.75) is 50.4 Å². The number of hydrogen-bond donors (Lipinski definition) is 2. The summed E-state index contributed by atoms with van der Waals surface area (Å²) in [4.78, 5) is 8.54. The number of nitrogens with zero attached hydrogens (tertiary/aromatic N) is 3. The molecule has 0 amide bonds. The minimum atomic E-state index is -1.12. The molecule has 29 heavy (non-hydrogen) atoms. The topological polar surface area (TPSA) is 89.6 Å². The second kappa shape index (κ2) is 7.34. The number of aliphatic hydroxyl groups is 2. The van der Waals surface area contributed by atoms with Gasteiger partial charge in [0.05, 0.1) is 5.69 Å². The summed E-state index contributed by atoms with van der Waals surface area (Å²) in [5.74, 6) is 0. The molecule has 1 aromatic carbocycles. The van der Waals surface area contributed by atoms with Gasteiger partial charge in [-0.15, -0.1) is 0 Å². The van der Waals surface area contributed by atoms with E-state index in [0.29, 0.717) is 17.3 Å². The number of fused-ring (bicyclic) bond motifs is 2. The van der Waals surface area contributed by atoms with E-state index >= 15 is 0 Å². The Bertz CT molecular complexity index is 1060. The van der Waals surface area contributed by atoms with Crippen molar-refractivity contribution in [2.75, 3.05) is 6.61 Å². The van der Waals surface area contributed by atoms with Crippen molar-refractivity contribution in [2.24, 2.45) is 0 Å². The van der Waals surface area contributed by atoms with Crippen LogP contribution >= 0.6 is 11.6 Å². The third-order valence-corrected chi connectivity index (χ3v) is 6.09. The van der Waals surface area contributed by atoms with Gasteiger partial charge < -0.3 is 24.3 Å². The van der Waals surface area contributed by atoms with Crippen molar-refractivity contribution in [1.29, 1.82) is 0 Å². The summed E-state index contributed by atoms with van der Waals surface area (Å²) in [5.41, 5.74) is 3.53. The van der Waals surface area contributed by atoms with Gasteiger partial charge in [-0.1, -0.05) is 17.7 Å². The van der Waals surface area contributed by atoms with E-state index < -0.39 is 30.6 Å². The van der Waals surface area contributed by atoms with Crippen molar-refractivity contribution >= 4 is 22.6 Å². The molecular weight excluding hydrogens is 394 g/mol. The van der Waals surface area contributed by atoms with Crippen LogP contribution in [0.25, 0.3) is 11.0 Å². The fraction of sp³-hybridized carbons (Fsp3) is 0.429. The van der Waals surface area contributed by atoms with Crippen LogP contribution in [0.3, 0.4) is 0 Å². The highest BCUT2D eigenvalue weighted by molar-refractivity contribution is 6.30. The molecule has 2 N–H and O–H groups in total. The quantitative estimate of drug-likeness (QED) is 0.669. The molecule has 2 aliphatic heterocycles. The van der Waals surface area contributed by atoms with E-state index in [1.165, 1.54) is 6.33 Å². The number of halogens is 1. The number of aliphatic hydroxyl groups excluding tert-OH is 2. The van der Waals surface area contributed by atoms with Gasteiger partial charge in [-0.25, -0.2) is 9.97 Å². The molecule has 1 saturated heterocycles. The van der Waals surface area contributed by atoms with Crippen LogP contribution in [-0.4, -0.2) is 49.7 Å². The van der Waals surface area contributed by atoms with Crippen LogP contribution in [0, 0.1) is 6.92 Å². The van der Waals surface area contributed by atoms with E-state index in [1.807, 2.05) is 31.2 Å². The average Bonchev–Trinajstić information content (AvgIpc) is 3.18. The number of hydrogen-bond acceptors (Lipinski definition) is 6. The van der Waals surface area contributed by atoms with Gasteiger partial charge in [-0.3, -0.25) is 0 Å². The summed E-state index contributed by atoms with van der Waals surface area (Å²) in [6.45, 7) is 2.45. The molecule has 4 heterocycles. The largest absolute Gasteiger partial charge is 0.387 e. The molecule has 8 heteroatoms. The summed E-state index contributed by atoms with van der Waals surface area (Å²) in [6, 6.07) is 7.56. The average molecular weight is 416 g/mol. The zero-order valence-corrected chi connectivity index (χ0v) is 16.7. The molecule has 5 atom stereocenters. The molecule has 3 aromatic rings. The first-order valence-corrected chi connectivity index (χ1v) is 10.1. The lowest BCUT2D eigenvalue weighted by Crippen LogP contribution is -2.35. The van der Waals surface area contributed by atoms with Crippen LogP contribution in [0.1, 0.15) is 35.6 Å². The summed E-state index contributed by atoms with van der Waals surface area (Å²) < 4.78 is 14.0. The molecule has 7 nitrogen and oxygen atoms in total. The second-order valence-corrected chi connectivity index (χ2v) is 8.07. The number of ether oxygens (including phenoxy) is 2. The van der Waals surface area contributed by atoms with Gasteiger partial charge in [0.15, 0.2) is 6.23 Å². The van der Waals surface area contributed by atoms with Crippen molar-refractivity contribution in [3.05, 3.63) is 58.6 Å². The molecule has 2 aromatic heterocycles. The van der Waals surface area contributed by atoms with Gasteiger partial charge in [0.1, 0.15) is 36.4 Å². The Morgan fingerprint density at radius 2 is 2.03 bits per heavy atom. The smallest absolute Gasteiger partial charge is 0.164 e. The molecule has 152 valence electrons. The van der Waals surface area contributed by atoms with Crippen LogP contribution in [0.15, 0.2) is 36.8 Å². The monoisotopic (exact) mass is 415 g/mol. The van der Waals surface area contributed by atoms with Crippen molar-refractivity contribution in [3.8, 4) is 0 Å². The van der Waals surface area contributed by atoms with E-state index in [4.69, 9.17) is 21.1 Å². The normalized spacial score (nSPS) is 29.7. The highest BCUT2D eigenvalue weighted by Gasteiger charge is 2.49. The van der Waals surface area contributed by atoms with E-state index in [1.54, 1.807) is 10.8 Å². The Labute approximate surface area is 172 Å². The Hall–Kier alpha value is -2.03. The molecule has 0 bridgehead atoms. The number of benzene rings is 1. The summed E-state index contributed by atoms with van der Waals surface area (Å²) >= 11 is 6.17. The highest BCUT2D eigenvalue weighted by atomic mass is 35.5. The van der Waals surface area contributed by atoms with Crippen LogP contribution in [-0.2, 0) is 15.9 Å². The van der Waals surface area contributed by atoms with E-state index in [-0.39, 0.29) is 0 Å². The van der Waals surface area contributed by atoms with Crippen LogP contribution in [0.4, 0.5) is 0 Å². The fourth-order valence-corrected chi connectivity index (χ4v) is 4.57. The third-order valence-electron chi connectivity index (χ3n) is 5.86. The Balaban J connectivity index is 1.51. The Morgan fingerprint density at radius 3 is 2.90 bits per heavy atom. The van der Waals surface area contributed by atoms with Gasteiger partial charge >= 0.3 is 0 Å². The van der Waals surface area contributed by atoms with Gasteiger partial charge in [0, 0.05) is 23.2 Å². The van der Waals surface area contributed by atoms with Crippen molar-refractivity contribution in [1.82, 2.24) is 14.5 Å². The predicted molar refractivity (Wildman–Crippen MR) is 107 cm³/mol. The lowest BCUT2D eigenvalue weighted by molar-refractivity contribution is -0.108. The van der Waals surface area contributed by atoms with E-state index in [0.717, 1.165) is 35.0 Å². The molecule has 1 fully saturated rings. The maximum absolute atomic E-state index is 10.9. The first kappa shape index (κ1) is 19.0. The second-order valence-electron chi connectivity index (χ2n) is 7.63. The lowest BCUT2D eigenvalue weighted by atomic mass is 9.94. The maximum Gasteiger partial charge on any atom is 0.164 e. The van der Waals surface area contributed by atoms with Crippen LogP contribution in [0.5, 0.6) is 0 Å². The van der Waals surface area contributed by atoms with Crippen LogP contribution in [0.2, 0.25) is 5.02 Å². The molecule has 0 aliphatic carbocycles.